The minimum absolute atomic E-state index is 0.192. The minimum Gasteiger partial charge on any atom is -0.445 e. The molecule has 0 spiro atoms. The van der Waals surface area contributed by atoms with Gasteiger partial charge < -0.3 is 10.1 Å². The summed E-state index contributed by atoms with van der Waals surface area (Å²) in [6.45, 7) is 0.432. The Kier molecular flexibility index (Phi) is 6.01. The van der Waals surface area contributed by atoms with Crippen molar-refractivity contribution in [2.75, 3.05) is 0 Å². The van der Waals surface area contributed by atoms with Crippen molar-refractivity contribution in [2.45, 2.75) is 18.9 Å². The Morgan fingerprint density at radius 1 is 1.00 bits per heavy atom. The Labute approximate surface area is 139 Å². The largest absolute Gasteiger partial charge is 0.445 e. The van der Waals surface area contributed by atoms with Crippen molar-refractivity contribution in [3.63, 3.8) is 0 Å². The van der Waals surface area contributed by atoms with Crippen molar-refractivity contribution in [2.24, 2.45) is 0 Å². The Bertz CT molecular complexity index is 763. The number of halogens is 1. The number of carbonyl (C=O) groups is 1. The number of alkyl carbamates (subject to hydrolysis) is 1. The second kappa shape index (κ2) is 7.99. The average molecular weight is 354 g/mol. The molecule has 7 heteroatoms. The topological polar surface area (TPSA) is 72.5 Å². The summed E-state index contributed by atoms with van der Waals surface area (Å²) in [6.07, 6.45) is -0.538. The molecule has 122 valence electrons. The zero-order chi connectivity index (χ0) is 16.7. The molecule has 0 aliphatic rings. The van der Waals surface area contributed by atoms with Gasteiger partial charge in [-0.1, -0.05) is 54.6 Å². The van der Waals surface area contributed by atoms with Crippen molar-refractivity contribution in [3.05, 3.63) is 71.3 Å². The molecule has 0 aliphatic heterocycles. The molecule has 0 heterocycles. The van der Waals surface area contributed by atoms with Crippen molar-refractivity contribution >= 4 is 25.8 Å². The zero-order valence-electron chi connectivity index (χ0n) is 12.2. The number of benzene rings is 2. The smallest absolute Gasteiger partial charge is 0.407 e. The second-order valence-corrected chi connectivity index (χ2v) is 7.70. The van der Waals surface area contributed by atoms with Crippen LogP contribution in [0.4, 0.5) is 4.79 Å². The highest BCUT2D eigenvalue weighted by atomic mass is 35.7. The fourth-order valence-electron chi connectivity index (χ4n) is 1.98. The second-order valence-electron chi connectivity index (χ2n) is 4.92. The van der Waals surface area contributed by atoms with Crippen LogP contribution in [-0.4, -0.2) is 14.5 Å². The van der Waals surface area contributed by atoms with E-state index in [1.807, 2.05) is 30.3 Å². The quantitative estimate of drug-likeness (QED) is 0.809. The molecule has 0 unspecified atom stereocenters. The van der Waals surface area contributed by atoms with Gasteiger partial charge in [-0.05, 0) is 16.7 Å². The predicted molar refractivity (Wildman–Crippen MR) is 88.4 cm³/mol. The van der Waals surface area contributed by atoms with E-state index in [1.165, 1.54) is 0 Å². The van der Waals surface area contributed by atoms with Crippen LogP contribution in [0.2, 0.25) is 0 Å². The first kappa shape index (κ1) is 17.3. The van der Waals surface area contributed by atoms with Gasteiger partial charge in [-0.2, -0.15) is 0 Å². The van der Waals surface area contributed by atoms with Crippen LogP contribution in [-0.2, 0) is 32.7 Å². The van der Waals surface area contributed by atoms with Crippen molar-refractivity contribution < 1.29 is 17.9 Å². The predicted octanol–water partition coefficient (Wildman–Crippen LogP) is 3.18. The monoisotopic (exact) mass is 353 g/mol. The fraction of sp³-hybridized carbons (Fsp3) is 0.188. The van der Waals surface area contributed by atoms with Crippen LogP contribution in [0.25, 0.3) is 0 Å². The normalized spacial score (nSPS) is 11.0. The third kappa shape index (κ3) is 6.71. The highest BCUT2D eigenvalue weighted by molar-refractivity contribution is 8.13. The molecule has 0 fully saturated rings. The number of rotatable bonds is 6. The fourth-order valence-corrected chi connectivity index (χ4v) is 2.93. The Morgan fingerprint density at radius 2 is 1.65 bits per heavy atom. The maximum atomic E-state index is 11.7. The van der Waals surface area contributed by atoms with E-state index >= 15 is 0 Å². The summed E-state index contributed by atoms with van der Waals surface area (Å²) in [5.41, 5.74) is 2.23. The van der Waals surface area contributed by atoms with E-state index in [0.29, 0.717) is 5.56 Å². The van der Waals surface area contributed by atoms with E-state index in [9.17, 15) is 13.2 Å². The van der Waals surface area contributed by atoms with Crippen molar-refractivity contribution in [1.29, 1.82) is 0 Å². The van der Waals surface area contributed by atoms with E-state index in [1.54, 1.807) is 24.3 Å². The van der Waals surface area contributed by atoms with E-state index < -0.39 is 15.1 Å². The van der Waals surface area contributed by atoms with Crippen molar-refractivity contribution in [3.8, 4) is 0 Å². The number of ether oxygens (including phenoxy) is 1. The molecular formula is C16H16ClNO4S. The van der Waals surface area contributed by atoms with Gasteiger partial charge in [-0.3, -0.25) is 0 Å². The first-order chi connectivity index (χ1) is 10.9. The number of nitrogens with one attached hydrogen (secondary N) is 1. The number of amides is 1. The highest BCUT2D eigenvalue weighted by Crippen LogP contribution is 2.12. The van der Waals surface area contributed by atoms with Crippen LogP contribution < -0.4 is 5.32 Å². The van der Waals surface area contributed by atoms with Crippen LogP contribution in [0.15, 0.2) is 54.6 Å². The van der Waals surface area contributed by atoms with Crippen LogP contribution in [0, 0.1) is 0 Å². The number of carbonyl (C=O) groups excluding carboxylic acids is 1. The maximum Gasteiger partial charge on any atom is 0.407 e. The molecule has 23 heavy (non-hydrogen) atoms. The molecule has 0 radical (unpaired) electrons. The van der Waals surface area contributed by atoms with Gasteiger partial charge in [0.15, 0.2) is 0 Å². The lowest BCUT2D eigenvalue weighted by Crippen LogP contribution is -2.23. The molecule has 1 amide bonds. The molecule has 0 aliphatic carbocycles. The molecule has 0 bridgehead atoms. The molecule has 0 atom stereocenters. The zero-order valence-corrected chi connectivity index (χ0v) is 13.8. The molecule has 0 aromatic heterocycles. The summed E-state index contributed by atoms with van der Waals surface area (Å²) in [6, 6.07) is 16.2. The van der Waals surface area contributed by atoms with E-state index in [-0.39, 0.29) is 18.9 Å². The summed E-state index contributed by atoms with van der Waals surface area (Å²) in [7, 11) is 1.63. The summed E-state index contributed by atoms with van der Waals surface area (Å²) in [5.74, 6) is -0.249. The van der Waals surface area contributed by atoms with Gasteiger partial charge in [-0.25, -0.2) is 13.2 Å². The van der Waals surface area contributed by atoms with Crippen LogP contribution >= 0.6 is 10.7 Å². The SMILES string of the molecule is O=C(NCc1cccc(CS(=O)(=O)Cl)c1)OCc1ccccc1. The molecule has 1 N–H and O–H groups in total. The van der Waals surface area contributed by atoms with Gasteiger partial charge in [0, 0.05) is 17.2 Å². The molecule has 2 rings (SSSR count). The van der Waals surface area contributed by atoms with Crippen LogP contribution in [0.5, 0.6) is 0 Å². The van der Waals surface area contributed by atoms with Gasteiger partial charge in [0.25, 0.3) is 0 Å². The van der Waals surface area contributed by atoms with E-state index in [4.69, 9.17) is 15.4 Å². The van der Waals surface area contributed by atoms with Gasteiger partial charge in [0.1, 0.15) is 6.61 Å². The molecule has 5 nitrogen and oxygen atoms in total. The van der Waals surface area contributed by atoms with Crippen LogP contribution in [0.3, 0.4) is 0 Å². The summed E-state index contributed by atoms with van der Waals surface area (Å²) < 4.78 is 27.2. The van der Waals surface area contributed by atoms with Gasteiger partial charge in [-0.15, -0.1) is 0 Å². The number of hydrogen-bond donors (Lipinski definition) is 1. The first-order valence-corrected chi connectivity index (χ1v) is 9.35. The van der Waals surface area contributed by atoms with E-state index in [2.05, 4.69) is 5.32 Å². The molecule has 2 aromatic carbocycles. The Hall–Kier alpha value is -2.05. The summed E-state index contributed by atoms with van der Waals surface area (Å²) in [5, 5.41) is 2.62. The lowest BCUT2D eigenvalue weighted by atomic mass is 10.1. The molecule has 0 saturated heterocycles. The molecular weight excluding hydrogens is 338 g/mol. The highest BCUT2D eigenvalue weighted by Gasteiger charge is 2.08. The Morgan fingerprint density at radius 3 is 2.35 bits per heavy atom. The van der Waals surface area contributed by atoms with Crippen LogP contribution in [0.1, 0.15) is 16.7 Å². The van der Waals surface area contributed by atoms with Gasteiger partial charge in [0.05, 0.1) is 5.75 Å². The van der Waals surface area contributed by atoms with Gasteiger partial charge in [0.2, 0.25) is 9.05 Å². The first-order valence-electron chi connectivity index (χ1n) is 6.87. The minimum atomic E-state index is -3.60. The number of hydrogen-bond acceptors (Lipinski definition) is 4. The Balaban J connectivity index is 1.83. The average Bonchev–Trinajstić information content (AvgIpc) is 2.51. The standard InChI is InChI=1S/C16H16ClNO4S/c17-23(20,21)12-15-8-4-7-14(9-15)10-18-16(19)22-11-13-5-2-1-3-6-13/h1-9H,10-12H2,(H,18,19). The third-order valence-electron chi connectivity index (χ3n) is 2.98. The summed E-state index contributed by atoms with van der Waals surface area (Å²) >= 11 is 0. The summed E-state index contributed by atoms with van der Waals surface area (Å²) in [4.78, 5) is 11.7. The third-order valence-corrected chi connectivity index (χ3v) is 3.99. The molecule has 2 aromatic rings. The van der Waals surface area contributed by atoms with Crippen molar-refractivity contribution in [1.82, 2.24) is 5.32 Å². The van der Waals surface area contributed by atoms with E-state index in [0.717, 1.165) is 11.1 Å². The van der Waals surface area contributed by atoms with Gasteiger partial charge >= 0.3 is 6.09 Å². The lowest BCUT2D eigenvalue weighted by Gasteiger charge is -2.08. The maximum absolute atomic E-state index is 11.7. The lowest BCUT2D eigenvalue weighted by molar-refractivity contribution is 0.139. The molecule has 0 saturated carbocycles.